The summed E-state index contributed by atoms with van der Waals surface area (Å²) in [5, 5.41) is 2.62. The van der Waals surface area contributed by atoms with E-state index in [9.17, 15) is 14.0 Å². The third-order valence-corrected chi connectivity index (χ3v) is 6.83. The molecule has 0 radical (unpaired) electrons. The molecule has 1 fully saturated rings. The number of amidine groups is 1. The van der Waals surface area contributed by atoms with E-state index in [4.69, 9.17) is 4.74 Å². The Kier molecular flexibility index (Phi) is 6.90. The van der Waals surface area contributed by atoms with Crippen LogP contribution in [0.3, 0.4) is 0 Å². The van der Waals surface area contributed by atoms with E-state index >= 15 is 0 Å². The summed E-state index contributed by atoms with van der Waals surface area (Å²) in [4.78, 5) is 36.9. The lowest BCUT2D eigenvalue weighted by molar-refractivity contribution is -0.143. The maximum Gasteiger partial charge on any atom is 0.338 e. The average molecular weight is 473 g/mol. The quantitative estimate of drug-likeness (QED) is 0.611. The Balaban J connectivity index is 1.66. The molecule has 1 saturated heterocycles. The molecule has 3 heterocycles. The molecule has 0 N–H and O–H groups in total. The zero-order valence-corrected chi connectivity index (χ0v) is 20.2. The largest absolute Gasteiger partial charge is 0.459 e. The molecule has 9 heteroatoms. The minimum atomic E-state index is -0.550. The second-order valence-corrected chi connectivity index (χ2v) is 9.60. The van der Waals surface area contributed by atoms with Crippen LogP contribution in [0.25, 0.3) is 0 Å². The van der Waals surface area contributed by atoms with Gasteiger partial charge in [-0.05, 0) is 50.9 Å². The van der Waals surface area contributed by atoms with E-state index in [1.807, 2.05) is 22.3 Å². The van der Waals surface area contributed by atoms with Gasteiger partial charge in [0.2, 0.25) is 5.91 Å². The SMILES string of the molecule is CC1=C(C(=O)OC(C)C)C(c2ccc(F)cc2)N2C(CC(=O)N3CCN(C)CC3)=CSC2=N1. The van der Waals surface area contributed by atoms with Crippen molar-refractivity contribution in [2.24, 2.45) is 4.99 Å². The molecule has 0 aromatic heterocycles. The molecule has 1 unspecified atom stereocenters. The highest BCUT2D eigenvalue weighted by Crippen LogP contribution is 2.45. The summed E-state index contributed by atoms with van der Waals surface area (Å²) in [5.41, 5.74) is 2.48. The van der Waals surface area contributed by atoms with E-state index < -0.39 is 12.0 Å². The minimum absolute atomic E-state index is 0.0478. The van der Waals surface area contributed by atoms with Gasteiger partial charge in [-0.25, -0.2) is 14.2 Å². The highest BCUT2D eigenvalue weighted by atomic mass is 32.2. The topological polar surface area (TPSA) is 65.5 Å². The summed E-state index contributed by atoms with van der Waals surface area (Å²) < 4.78 is 19.2. The first-order valence-electron chi connectivity index (χ1n) is 11.1. The van der Waals surface area contributed by atoms with Gasteiger partial charge in [-0.1, -0.05) is 23.9 Å². The van der Waals surface area contributed by atoms with Crippen LogP contribution in [-0.2, 0) is 14.3 Å². The number of likely N-dealkylation sites (N-methyl/N-ethyl adjacent to an activating group) is 1. The van der Waals surface area contributed by atoms with Crippen molar-refractivity contribution in [2.75, 3.05) is 33.2 Å². The van der Waals surface area contributed by atoms with E-state index in [0.29, 0.717) is 29.5 Å². The highest BCUT2D eigenvalue weighted by Gasteiger charge is 2.41. The normalized spacial score (nSPS) is 21.2. The number of carbonyl (C=O) groups is 2. The number of allylic oxidation sites excluding steroid dienone is 1. The number of aliphatic imine (C=N–C) groups is 1. The predicted molar refractivity (Wildman–Crippen MR) is 127 cm³/mol. The van der Waals surface area contributed by atoms with Gasteiger partial charge in [-0.2, -0.15) is 0 Å². The predicted octanol–water partition coefficient (Wildman–Crippen LogP) is 3.52. The molecule has 33 heavy (non-hydrogen) atoms. The Labute approximate surface area is 198 Å². The fourth-order valence-corrected chi connectivity index (χ4v) is 5.16. The zero-order chi connectivity index (χ0) is 23.7. The molecule has 0 spiro atoms. The molecular formula is C24H29FN4O3S. The standard InChI is InChI=1S/C24H29FN4O3S/c1-15(2)32-23(31)21-16(3)26-24-29(22(21)17-5-7-18(25)8-6-17)19(14-33-24)13-20(30)28-11-9-27(4)10-12-28/h5-8,14-15,22H,9-13H2,1-4H3. The van der Waals surface area contributed by atoms with E-state index in [1.165, 1.54) is 23.9 Å². The van der Waals surface area contributed by atoms with Crippen molar-refractivity contribution in [3.8, 4) is 0 Å². The molecule has 0 aliphatic carbocycles. The van der Waals surface area contributed by atoms with Crippen molar-refractivity contribution in [3.05, 3.63) is 58.0 Å². The van der Waals surface area contributed by atoms with Crippen molar-refractivity contribution >= 4 is 28.8 Å². The number of nitrogens with zero attached hydrogens (tertiary/aromatic N) is 4. The van der Waals surface area contributed by atoms with Gasteiger partial charge in [-0.15, -0.1) is 0 Å². The van der Waals surface area contributed by atoms with Gasteiger partial charge in [0.15, 0.2) is 5.17 Å². The number of fused-ring (bicyclic) bond motifs is 1. The molecule has 176 valence electrons. The number of ether oxygens (including phenoxy) is 1. The molecule has 4 rings (SSSR count). The van der Waals surface area contributed by atoms with Gasteiger partial charge in [0, 0.05) is 31.9 Å². The third kappa shape index (κ3) is 4.99. The van der Waals surface area contributed by atoms with Crippen LogP contribution in [0.5, 0.6) is 0 Å². The molecule has 0 bridgehead atoms. The second-order valence-electron chi connectivity index (χ2n) is 8.76. The number of thioether (sulfide) groups is 1. The first-order chi connectivity index (χ1) is 15.7. The number of piperazine rings is 1. The number of halogens is 1. The molecule has 7 nitrogen and oxygen atoms in total. The van der Waals surface area contributed by atoms with E-state index in [1.54, 1.807) is 32.9 Å². The Morgan fingerprint density at radius 3 is 2.48 bits per heavy atom. The molecule has 1 atom stereocenters. The van der Waals surface area contributed by atoms with Crippen LogP contribution in [0.1, 0.15) is 38.8 Å². The van der Waals surface area contributed by atoms with Crippen molar-refractivity contribution in [2.45, 2.75) is 39.3 Å². The van der Waals surface area contributed by atoms with Crippen LogP contribution in [0.15, 0.2) is 51.6 Å². The van der Waals surface area contributed by atoms with E-state index in [0.717, 1.165) is 24.4 Å². The lowest BCUT2D eigenvalue weighted by Crippen LogP contribution is -2.47. The first kappa shape index (κ1) is 23.5. The average Bonchev–Trinajstić information content (AvgIpc) is 3.15. The zero-order valence-electron chi connectivity index (χ0n) is 19.4. The summed E-state index contributed by atoms with van der Waals surface area (Å²) in [6.45, 7) is 8.47. The van der Waals surface area contributed by atoms with Crippen molar-refractivity contribution < 1.29 is 18.7 Å². The van der Waals surface area contributed by atoms with E-state index in [-0.39, 0.29) is 24.2 Å². The Hall–Kier alpha value is -2.65. The summed E-state index contributed by atoms with van der Waals surface area (Å²) in [5.74, 6) is -0.764. The molecule has 0 saturated carbocycles. The van der Waals surface area contributed by atoms with Crippen LogP contribution < -0.4 is 0 Å². The van der Waals surface area contributed by atoms with Gasteiger partial charge >= 0.3 is 5.97 Å². The fourth-order valence-electron chi connectivity index (χ4n) is 4.19. The number of carbonyl (C=O) groups excluding carboxylic acids is 2. The number of benzene rings is 1. The van der Waals surface area contributed by atoms with Gasteiger partial charge in [0.05, 0.1) is 29.8 Å². The Bertz CT molecular complexity index is 1030. The van der Waals surface area contributed by atoms with Gasteiger partial charge in [0.25, 0.3) is 0 Å². The van der Waals surface area contributed by atoms with Crippen molar-refractivity contribution in [1.29, 1.82) is 0 Å². The van der Waals surface area contributed by atoms with Crippen LogP contribution in [0, 0.1) is 5.82 Å². The molecule has 3 aliphatic heterocycles. The van der Waals surface area contributed by atoms with E-state index in [2.05, 4.69) is 9.89 Å². The van der Waals surface area contributed by atoms with Gasteiger partial charge in [0.1, 0.15) is 5.82 Å². The lowest BCUT2D eigenvalue weighted by Gasteiger charge is -2.37. The molecular weight excluding hydrogens is 443 g/mol. The summed E-state index contributed by atoms with van der Waals surface area (Å²) >= 11 is 1.43. The molecule has 1 aromatic carbocycles. The van der Waals surface area contributed by atoms with Crippen LogP contribution in [0.4, 0.5) is 4.39 Å². The van der Waals surface area contributed by atoms with Gasteiger partial charge < -0.3 is 19.4 Å². The molecule has 1 aromatic rings. The summed E-state index contributed by atoms with van der Waals surface area (Å²) in [7, 11) is 2.05. The number of hydrogen-bond acceptors (Lipinski definition) is 7. The van der Waals surface area contributed by atoms with Crippen LogP contribution >= 0.6 is 11.8 Å². The second kappa shape index (κ2) is 9.69. The number of rotatable bonds is 5. The smallest absolute Gasteiger partial charge is 0.338 e. The van der Waals surface area contributed by atoms with Gasteiger partial charge in [-0.3, -0.25) is 4.79 Å². The molecule has 3 aliphatic rings. The lowest BCUT2D eigenvalue weighted by atomic mass is 9.93. The minimum Gasteiger partial charge on any atom is -0.459 e. The van der Waals surface area contributed by atoms with Crippen molar-refractivity contribution in [3.63, 3.8) is 0 Å². The third-order valence-electron chi connectivity index (χ3n) is 5.94. The Morgan fingerprint density at radius 1 is 1.18 bits per heavy atom. The Morgan fingerprint density at radius 2 is 1.85 bits per heavy atom. The van der Waals surface area contributed by atoms with Crippen LogP contribution in [0.2, 0.25) is 0 Å². The first-order valence-corrected chi connectivity index (χ1v) is 12.0. The number of amides is 1. The maximum atomic E-state index is 13.7. The summed E-state index contributed by atoms with van der Waals surface area (Å²) in [6.07, 6.45) is -0.0854. The highest BCUT2D eigenvalue weighted by molar-refractivity contribution is 8.16. The molecule has 1 amide bonds. The summed E-state index contributed by atoms with van der Waals surface area (Å²) in [6, 6.07) is 5.54. The number of esters is 1. The fraction of sp³-hybridized carbons (Fsp3) is 0.458. The van der Waals surface area contributed by atoms with Crippen LogP contribution in [-0.4, -0.2) is 71.1 Å². The van der Waals surface area contributed by atoms with Crippen molar-refractivity contribution in [1.82, 2.24) is 14.7 Å². The maximum absolute atomic E-state index is 13.7. The monoisotopic (exact) mass is 472 g/mol. The number of hydrogen-bond donors (Lipinski definition) is 0.